The summed E-state index contributed by atoms with van der Waals surface area (Å²) in [6.07, 6.45) is 7.88. The first-order valence-electron chi connectivity index (χ1n) is 10.8. The van der Waals surface area contributed by atoms with Crippen LogP contribution in [-0.4, -0.2) is 47.1 Å². The molecule has 0 unspecified atom stereocenters. The van der Waals surface area contributed by atoms with E-state index in [2.05, 4.69) is 26.3 Å². The van der Waals surface area contributed by atoms with Gasteiger partial charge in [-0.25, -0.2) is 9.98 Å². The Balaban J connectivity index is 1.53. The molecule has 0 amide bonds. The Morgan fingerprint density at radius 3 is 2.74 bits per heavy atom. The van der Waals surface area contributed by atoms with Crippen LogP contribution in [0.2, 0.25) is 0 Å². The average Bonchev–Trinajstić information content (AvgIpc) is 3.39. The highest BCUT2D eigenvalue weighted by Crippen LogP contribution is 2.49. The molecule has 1 saturated carbocycles. The number of pyridine rings is 1. The number of nitrogens with zero attached hydrogens (tertiary/aromatic N) is 4. The Morgan fingerprint density at radius 2 is 2.06 bits per heavy atom. The average molecular weight is 425 g/mol. The van der Waals surface area contributed by atoms with Crippen molar-refractivity contribution >= 4 is 24.2 Å². The van der Waals surface area contributed by atoms with Crippen molar-refractivity contribution in [2.45, 2.75) is 63.6 Å². The molecule has 2 aliphatic rings. The first-order chi connectivity index (χ1) is 14.8. The third kappa shape index (κ3) is 4.22. The van der Waals surface area contributed by atoms with Gasteiger partial charge in [-0.15, -0.1) is 0 Å². The molecule has 1 aliphatic heterocycles. The summed E-state index contributed by atoms with van der Waals surface area (Å²) >= 11 is 0. The Hall–Kier alpha value is -2.71. The Morgan fingerprint density at radius 1 is 1.29 bits per heavy atom. The third-order valence-electron chi connectivity index (χ3n) is 6.35. The van der Waals surface area contributed by atoms with Gasteiger partial charge in [-0.1, -0.05) is 6.07 Å². The van der Waals surface area contributed by atoms with Gasteiger partial charge >= 0.3 is 0 Å². The summed E-state index contributed by atoms with van der Waals surface area (Å²) in [6, 6.07) is 5.95. The van der Waals surface area contributed by atoms with E-state index >= 15 is 0 Å². The van der Waals surface area contributed by atoms with E-state index in [4.69, 9.17) is 20.9 Å². The molecule has 4 atom stereocenters. The second kappa shape index (κ2) is 8.43. The lowest BCUT2D eigenvalue weighted by atomic mass is 9.96. The lowest BCUT2D eigenvalue weighted by Gasteiger charge is -2.25. The van der Waals surface area contributed by atoms with Crippen LogP contribution in [0.5, 0.6) is 0 Å². The van der Waals surface area contributed by atoms with Gasteiger partial charge in [0.05, 0.1) is 17.7 Å². The van der Waals surface area contributed by atoms with Crippen LogP contribution in [0.1, 0.15) is 50.3 Å². The molecule has 2 aromatic rings. The molecule has 8 nitrogen and oxygen atoms in total. The molecule has 0 radical (unpaired) electrons. The quantitative estimate of drug-likeness (QED) is 0.523. The number of nitrogens with two attached hydrogens (primary N) is 2. The van der Waals surface area contributed by atoms with Gasteiger partial charge in [0.2, 0.25) is 0 Å². The van der Waals surface area contributed by atoms with Gasteiger partial charge in [0.1, 0.15) is 23.6 Å². The molecular weight excluding hydrogens is 392 g/mol. The Labute approximate surface area is 183 Å². The van der Waals surface area contributed by atoms with E-state index in [1.54, 1.807) is 7.05 Å². The van der Waals surface area contributed by atoms with Crippen molar-refractivity contribution in [1.29, 1.82) is 0 Å². The Bertz CT molecular complexity index is 965. The van der Waals surface area contributed by atoms with Crippen LogP contribution in [0.15, 0.2) is 40.6 Å². The highest BCUT2D eigenvalue weighted by atomic mass is 16.8. The number of rotatable bonds is 7. The van der Waals surface area contributed by atoms with E-state index in [1.165, 1.54) is 5.56 Å². The minimum atomic E-state index is -0.602. The first kappa shape index (κ1) is 21.5. The molecule has 31 heavy (non-hydrogen) atoms. The molecule has 0 bridgehead atoms. The van der Waals surface area contributed by atoms with Crippen molar-refractivity contribution in [3.8, 4) is 0 Å². The molecule has 166 valence electrons. The maximum absolute atomic E-state index is 6.35. The van der Waals surface area contributed by atoms with Crippen molar-refractivity contribution < 1.29 is 9.47 Å². The number of hydrogen-bond donors (Lipinski definition) is 2. The summed E-state index contributed by atoms with van der Waals surface area (Å²) in [5.74, 6) is 1.52. The molecule has 8 heteroatoms. The molecule has 1 saturated heterocycles. The number of fused-ring (bicyclic) bond motifs is 1. The standard InChI is InChI=1S/C23H32N6O2/c1-23(2)30-19-15(7-5-6-14-8-9-18(24)28-13-14)12-17(20(19)31-23)29-11-10-16(21(25)26-3)22(29)27-4/h8-11,13,15,17,19-20H,4-7,12H2,1-3H3,(H2,24,28)(H2,25,26)/t15-,17+,19+,20-/m0/s1. The molecule has 0 aromatic carbocycles. The van der Waals surface area contributed by atoms with E-state index in [-0.39, 0.29) is 18.2 Å². The topological polar surface area (TPSA) is 113 Å². The molecule has 3 heterocycles. The maximum Gasteiger partial charge on any atom is 0.163 e. The summed E-state index contributed by atoms with van der Waals surface area (Å²) in [7, 11) is 1.67. The third-order valence-corrected chi connectivity index (χ3v) is 6.35. The van der Waals surface area contributed by atoms with Gasteiger partial charge in [0.15, 0.2) is 5.79 Å². The van der Waals surface area contributed by atoms with Gasteiger partial charge in [-0.3, -0.25) is 4.99 Å². The van der Waals surface area contributed by atoms with Crippen LogP contribution in [0.4, 0.5) is 11.6 Å². The normalized spacial score (nSPS) is 27.4. The number of hydrogen-bond acceptors (Lipinski definition) is 6. The molecule has 2 fully saturated rings. The fraction of sp³-hybridized carbons (Fsp3) is 0.522. The van der Waals surface area contributed by atoms with Crippen LogP contribution >= 0.6 is 0 Å². The second-order valence-electron chi connectivity index (χ2n) is 8.84. The molecule has 2 aromatic heterocycles. The zero-order chi connectivity index (χ0) is 22.2. The van der Waals surface area contributed by atoms with Crippen LogP contribution in [0, 0.1) is 5.92 Å². The van der Waals surface area contributed by atoms with Crippen molar-refractivity contribution in [2.24, 2.45) is 21.6 Å². The monoisotopic (exact) mass is 424 g/mol. The van der Waals surface area contributed by atoms with Gasteiger partial charge in [-0.2, -0.15) is 0 Å². The zero-order valence-corrected chi connectivity index (χ0v) is 18.5. The van der Waals surface area contributed by atoms with Crippen molar-refractivity contribution in [2.75, 3.05) is 12.8 Å². The Kier molecular flexibility index (Phi) is 5.85. The van der Waals surface area contributed by atoms with E-state index < -0.39 is 5.79 Å². The van der Waals surface area contributed by atoms with E-state index in [9.17, 15) is 0 Å². The van der Waals surface area contributed by atoms with E-state index in [0.717, 1.165) is 37.1 Å². The van der Waals surface area contributed by atoms with Crippen LogP contribution in [0.3, 0.4) is 0 Å². The van der Waals surface area contributed by atoms with Gasteiger partial charge in [-0.05, 0) is 69.9 Å². The molecule has 4 N–H and O–H groups in total. The number of ether oxygens (including phenoxy) is 2. The molecule has 0 spiro atoms. The summed E-state index contributed by atoms with van der Waals surface area (Å²) in [6.45, 7) is 7.73. The highest BCUT2D eigenvalue weighted by Gasteiger charge is 2.54. The molecule has 1 aliphatic carbocycles. The minimum absolute atomic E-state index is 0.0428. The van der Waals surface area contributed by atoms with Crippen LogP contribution < -0.4 is 11.5 Å². The minimum Gasteiger partial charge on any atom is -0.384 e. The number of amidine groups is 1. The number of anilines is 1. The maximum atomic E-state index is 6.35. The van der Waals surface area contributed by atoms with Gasteiger partial charge in [0, 0.05) is 19.4 Å². The fourth-order valence-electron chi connectivity index (χ4n) is 4.96. The van der Waals surface area contributed by atoms with Gasteiger partial charge < -0.3 is 25.5 Å². The summed E-state index contributed by atoms with van der Waals surface area (Å²) in [4.78, 5) is 12.6. The SMILES string of the molecule is C=Nc1c(/C(N)=N\C)ccn1[C@@H]1C[C@H](CCCc2ccc(N)nc2)[C@H]2OC(C)(C)O[C@H]21. The summed E-state index contributed by atoms with van der Waals surface area (Å²) < 4.78 is 14.8. The van der Waals surface area contributed by atoms with Gasteiger partial charge in [0.25, 0.3) is 0 Å². The number of aryl methyl sites for hydroxylation is 1. The van der Waals surface area contributed by atoms with Crippen LogP contribution in [0.25, 0.3) is 0 Å². The smallest absolute Gasteiger partial charge is 0.163 e. The first-order valence-corrected chi connectivity index (χ1v) is 10.8. The van der Waals surface area contributed by atoms with Crippen LogP contribution in [-0.2, 0) is 15.9 Å². The molecule has 4 rings (SSSR count). The van der Waals surface area contributed by atoms with Crippen molar-refractivity contribution in [3.63, 3.8) is 0 Å². The van der Waals surface area contributed by atoms with Crippen molar-refractivity contribution in [1.82, 2.24) is 9.55 Å². The lowest BCUT2D eigenvalue weighted by molar-refractivity contribution is -0.160. The summed E-state index contributed by atoms with van der Waals surface area (Å²) in [5.41, 5.74) is 13.8. The summed E-state index contributed by atoms with van der Waals surface area (Å²) in [5, 5.41) is 0. The zero-order valence-electron chi connectivity index (χ0n) is 18.5. The van der Waals surface area contributed by atoms with Crippen molar-refractivity contribution in [3.05, 3.63) is 41.7 Å². The fourth-order valence-corrected chi connectivity index (χ4v) is 4.96. The van der Waals surface area contributed by atoms with E-state index in [0.29, 0.717) is 17.6 Å². The number of aromatic nitrogens is 2. The lowest BCUT2D eigenvalue weighted by Crippen LogP contribution is -2.27. The number of aliphatic imine (C=N–C) groups is 2. The predicted molar refractivity (Wildman–Crippen MR) is 123 cm³/mol. The highest BCUT2D eigenvalue weighted by molar-refractivity contribution is 6.01. The predicted octanol–water partition coefficient (Wildman–Crippen LogP) is 3.24. The second-order valence-corrected chi connectivity index (χ2v) is 8.84. The van der Waals surface area contributed by atoms with E-state index in [1.807, 2.05) is 44.4 Å². The largest absolute Gasteiger partial charge is 0.384 e. The molecular formula is C23H32N6O2. The number of nitrogen functional groups attached to an aromatic ring is 1.